The van der Waals surface area contributed by atoms with Gasteiger partial charge in [0.1, 0.15) is 5.60 Å². The smallest absolute Gasteiger partial charge is 0.336 e. The first-order chi connectivity index (χ1) is 21.4. The quantitative estimate of drug-likeness (QED) is 0.251. The van der Waals surface area contributed by atoms with E-state index in [9.17, 15) is 18.3 Å². The molecule has 7 nitrogen and oxygen atoms in total. The molecule has 4 saturated carbocycles. The molecule has 4 fully saturated rings. The molecular weight excluding hydrogens is 596 g/mol. The maximum atomic E-state index is 15.4. The van der Waals surface area contributed by atoms with Crippen molar-refractivity contribution in [3.63, 3.8) is 0 Å². The van der Waals surface area contributed by atoms with Crippen LogP contribution in [0, 0.1) is 35.5 Å². The van der Waals surface area contributed by atoms with Crippen LogP contribution in [0.25, 0.3) is 0 Å². The second kappa shape index (κ2) is 10.8. The number of hydrogen-bond acceptors (Lipinski definition) is 5. The van der Waals surface area contributed by atoms with Gasteiger partial charge in [-0.3, -0.25) is 0 Å². The molecule has 7 rings (SSSR count). The summed E-state index contributed by atoms with van der Waals surface area (Å²) in [6, 6.07) is 6.66. The van der Waals surface area contributed by atoms with Gasteiger partial charge >= 0.3 is 12.0 Å². The van der Waals surface area contributed by atoms with Gasteiger partial charge in [0, 0.05) is 17.9 Å². The van der Waals surface area contributed by atoms with E-state index in [1.165, 1.54) is 11.1 Å². The lowest BCUT2D eigenvalue weighted by Gasteiger charge is -2.55. The number of amides is 2. The van der Waals surface area contributed by atoms with Gasteiger partial charge in [0.2, 0.25) is 0 Å². The molecule has 0 saturated heterocycles. The first-order valence-electron chi connectivity index (χ1n) is 16.3. The Morgan fingerprint density at radius 2 is 1.84 bits per heavy atom. The minimum Gasteiger partial charge on any atom is -0.382 e. The zero-order valence-corrected chi connectivity index (χ0v) is 26.4. The van der Waals surface area contributed by atoms with Gasteiger partial charge in [-0.15, -0.1) is 6.42 Å². The number of rotatable bonds is 7. The predicted octanol–water partition coefficient (Wildman–Crippen LogP) is 6.02. The number of nitrogens with zero attached hydrogens (tertiary/aromatic N) is 1. The van der Waals surface area contributed by atoms with Crippen LogP contribution < -0.4 is 10.7 Å². The standard InChI is InChI=1S/C35H41F2N3O4S/c1-3-35(36,37)34(42)17-16-30-28-14-8-23-18-24(39-40-32(41)38-20-21-4-5-21)9-15-27(23)31(28)29(19-33(30,34)2)22-6-10-25(11-7-22)45(43,44)26-12-13-26/h1,6-7,10-11,18,21,26,28-30,42H,4-5,8-9,12-17,19-20H2,2H3,(H2,38,40,41)/b39-24+/t28-,29-,30-,33-,34-/m0/s1. The number of nitrogens with one attached hydrogen (secondary N) is 2. The Kier molecular flexibility index (Phi) is 7.32. The number of hydrogen-bond donors (Lipinski definition) is 3. The summed E-state index contributed by atoms with van der Waals surface area (Å²) in [4.78, 5) is 12.5. The van der Waals surface area contributed by atoms with Crippen molar-refractivity contribution in [3.05, 3.63) is 52.6 Å². The third kappa shape index (κ3) is 5.05. The zero-order chi connectivity index (χ0) is 31.8. The van der Waals surface area contributed by atoms with Crippen LogP contribution in [0.4, 0.5) is 13.6 Å². The Bertz CT molecular complexity index is 1650. The molecule has 0 aliphatic heterocycles. The Labute approximate surface area is 263 Å². The Morgan fingerprint density at radius 3 is 2.51 bits per heavy atom. The number of benzene rings is 1. The number of sulfone groups is 1. The predicted molar refractivity (Wildman–Crippen MR) is 167 cm³/mol. The molecule has 240 valence electrons. The topological polar surface area (TPSA) is 108 Å². The summed E-state index contributed by atoms with van der Waals surface area (Å²) in [5, 5.41) is 18.7. The number of urea groups is 1. The Morgan fingerprint density at radius 1 is 1.11 bits per heavy atom. The van der Waals surface area contributed by atoms with Crippen LogP contribution >= 0.6 is 0 Å². The lowest BCUT2D eigenvalue weighted by atomic mass is 9.50. The third-order valence-corrected chi connectivity index (χ3v) is 14.0. The summed E-state index contributed by atoms with van der Waals surface area (Å²) >= 11 is 0. The molecule has 5 atom stereocenters. The van der Waals surface area contributed by atoms with Crippen LogP contribution in [-0.2, 0) is 9.84 Å². The van der Waals surface area contributed by atoms with E-state index in [0.717, 1.165) is 42.5 Å². The van der Waals surface area contributed by atoms with Gasteiger partial charge in [0.25, 0.3) is 0 Å². The van der Waals surface area contributed by atoms with Crippen LogP contribution in [0.3, 0.4) is 0 Å². The normalized spacial score (nSPS) is 33.9. The van der Waals surface area contributed by atoms with Crippen LogP contribution in [-0.4, -0.2) is 48.6 Å². The van der Waals surface area contributed by atoms with E-state index in [4.69, 9.17) is 6.42 Å². The first kappa shape index (κ1) is 30.6. The van der Waals surface area contributed by atoms with Crippen LogP contribution in [0.5, 0.6) is 0 Å². The highest BCUT2D eigenvalue weighted by Crippen LogP contribution is 2.69. The molecule has 2 amide bonds. The van der Waals surface area contributed by atoms with E-state index in [0.29, 0.717) is 44.6 Å². The number of carbonyl (C=O) groups is 1. The van der Waals surface area contributed by atoms with Crippen molar-refractivity contribution >= 4 is 21.6 Å². The van der Waals surface area contributed by atoms with Gasteiger partial charge in [0.05, 0.1) is 15.9 Å². The number of halogens is 2. The fraction of sp³-hybridized carbons (Fsp3) is 0.600. The summed E-state index contributed by atoms with van der Waals surface area (Å²) in [5.74, 6) is -1.95. The van der Waals surface area contributed by atoms with E-state index in [1.54, 1.807) is 25.0 Å². The maximum absolute atomic E-state index is 15.4. The molecule has 10 heteroatoms. The molecule has 0 bridgehead atoms. The molecule has 0 aromatic heterocycles. The molecular formula is C35H41F2N3O4S. The zero-order valence-electron chi connectivity index (χ0n) is 25.6. The van der Waals surface area contributed by atoms with E-state index < -0.39 is 26.8 Å². The summed E-state index contributed by atoms with van der Waals surface area (Å²) < 4.78 is 56.6. The van der Waals surface area contributed by atoms with Gasteiger partial charge in [-0.2, -0.15) is 13.9 Å². The molecule has 0 radical (unpaired) electrons. The third-order valence-electron chi connectivity index (χ3n) is 11.7. The van der Waals surface area contributed by atoms with Crippen molar-refractivity contribution < 1.29 is 27.1 Å². The summed E-state index contributed by atoms with van der Waals surface area (Å²) in [6.07, 6.45) is 14.5. The van der Waals surface area contributed by atoms with Crippen molar-refractivity contribution in [2.45, 2.75) is 105 Å². The molecule has 0 heterocycles. The fourth-order valence-corrected chi connectivity index (χ4v) is 10.5. The average Bonchev–Trinajstić information content (AvgIpc) is 3.96. The largest absolute Gasteiger partial charge is 0.382 e. The summed E-state index contributed by atoms with van der Waals surface area (Å²) in [6.45, 7) is 2.44. The second-order valence-electron chi connectivity index (χ2n) is 14.3. The molecule has 1 aromatic carbocycles. The van der Waals surface area contributed by atoms with Gasteiger partial charge < -0.3 is 10.4 Å². The number of carbonyl (C=O) groups excluding carboxylic acids is 1. The molecule has 45 heavy (non-hydrogen) atoms. The van der Waals surface area contributed by atoms with E-state index in [-0.39, 0.29) is 46.8 Å². The van der Waals surface area contributed by atoms with Crippen molar-refractivity contribution in [3.8, 4) is 12.3 Å². The number of terminal acetylenes is 1. The average molecular weight is 638 g/mol. The van der Waals surface area contributed by atoms with E-state index in [1.807, 2.05) is 12.1 Å². The summed E-state index contributed by atoms with van der Waals surface area (Å²) in [5.41, 5.74) is 4.40. The van der Waals surface area contributed by atoms with Gasteiger partial charge in [-0.1, -0.05) is 24.6 Å². The number of hydrazone groups is 1. The Hall–Kier alpha value is -3.03. The van der Waals surface area contributed by atoms with Gasteiger partial charge in [0.15, 0.2) is 9.84 Å². The highest BCUT2D eigenvalue weighted by Gasteiger charge is 2.71. The molecule has 1 aromatic rings. The van der Waals surface area contributed by atoms with Crippen LogP contribution in [0.2, 0.25) is 0 Å². The van der Waals surface area contributed by atoms with E-state index >= 15 is 8.78 Å². The maximum Gasteiger partial charge on any atom is 0.336 e. The number of aliphatic hydroxyl groups is 1. The molecule has 3 N–H and O–H groups in total. The molecule has 6 aliphatic carbocycles. The van der Waals surface area contributed by atoms with Gasteiger partial charge in [-0.25, -0.2) is 18.6 Å². The van der Waals surface area contributed by atoms with E-state index in [2.05, 4.69) is 21.9 Å². The second-order valence-corrected chi connectivity index (χ2v) is 16.6. The van der Waals surface area contributed by atoms with Gasteiger partial charge in [-0.05, 0) is 129 Å². The van der Waals surface area contributed by atoms with Crippen LogP contribution in [0.15, 0.2) is 57.1 Å². The van der Waals surface area contributed by atoms with Crippen molar-refractivity contribution in [2.24, 2.45) is 28.3 Å². The first-order valence-corrected chi connectivity index (χ1v) is 17.9. The lowest BCUT2D eigenvalue weighted by Crippen LogP contribution is -2.60. The molecule has 6 aliphatic rings. The lowest BCUT2D eigenvalue weighted by molar-refractivity contribution is -0.209. The number of allylic oxidation sites excluding steroid dienone is 4. The highest BCUT2D eigenvalue weighted by atomic mass is 32.2. The minimum atomic E-state index is -3.68. The monoisotopic (exact) mass is 637 g/mol. The highest BCUT2D eigenvalue weighted by molar-refractivity contribution is 7.92. The number of fused-ring (bicyclic) bond motifs is 4. The van der Waals surface area contributed by atoms with Crippen LogP contribution in [0.1, 0.15) is 89.0 Å². The fourth-order valence-electron chi connectivity index (χ4n) is 8.88. The number of alkyl halides is 2. The summed E-state index contributed by atoms with van der Waals surface area (Å²) in [7, 11) is -3.38. The SMILES string of the molecule is C#CC(F)(F)[C@]1(O)CC[C@H]2[C@@H]3CCC4=C/C(=N/NC(=O)NCC5CC5)CCC4=C3[C@H](c3ccc(S(=O)(=O)C4CC4)cc3)C[C@@]21C. The van der Waals surface area contributed by atoms with Crippen molar-refractivity contribution in [2.75, 3.05) is 6.54 Å². The Balaban J connectivity index is 1.25. The molecule has 0 unspecified atom stereocenters. The van der Waals surface area contributed by atoms with Crippen molar-refractivity contribution in [1.82, 2.24) is 10.7 Å². The minimum absolute atomic E-state index is 0.0109. The molecule has 0 spiro atoms. The van der Waals surface area contributed by atoms with Crippen molar-refractivity contribution in [1.29, 1.82) is 0 Å².